The highest BCUT2D eigenvalue weighted by molar-refractivity contribution is 7.99. The highest BCUT2D eigenvalue weighted by Crippen LogP contribution is 2.37. The SMILES string of the molecule is COc1ccc2ccc(=O)n(CCCC3(C(=O)O)CCN(CCSc4cccc(F)c4)CC3)c2c1. The number of halogens is 1. The summed E-state index contributed by atoms with van der Waals surface area (Å²) in [6.45, 7) is 2.75. The molecule has 0 atom stereocenters. The van der Waals surface area contributed by atoms with E-state index < -0.39 is 11.4 Å². The van der Waals surface area contributed by atoms with Crippen molar-refractivity contribution in [3.63, 3.8) is 0 Å². The lowest BCUT2D eigenvalue weighted by molar-refractivity contribution is -0.152. The van der Waals surface area contributed by atoms with E-state index in [1.165, 1.54) is 12.1 Å². The molecule has 0 saturated carbocycles. The third-order valence-corrected chi connectivity index (χ3v) is 7.95. The summed E-state index contributed by atoms with van der Waals surface area (Å²) in [4.78, 5) is 28.0. The number of ether oxygens (including phenoxy) is 1. The van der Waals surface area contributed by atoms with Crippen molar-refractivity contribution in [1.29, 1.82) is 0 Å². The molecule has 6 nitrogen and oxygen atoms in total. The van der Waals surface area contributed by atoms with Gasteiger partial charge in [0.2, 0.25) is 0 Å². The number of likely N-dealkylation sites (tertiary alicyclic amines) is 1. The van der Waals surface area contributed by atoms with E-state index >= 15 is 0 Å². The van der Waals surface area contributed by atoms with Crippen LogP contribution < -0.4 is 10.3 Å². The second kappa shape index (κ2) is 11.3. The van der Waals surface area contributed by atoms with E-state index in [0.29, 0.717) is 38.0 Å². The highest BCUT2D eigenvalue weighted by Gasteiger charge is 2.40. The summed E-state index contributed by atoms with van der Waals surface area (Å²) in [6.07, 6.45) is 2.31. The maximum absolute atomic E-state index is 13.3. The van der Waals surface area contributed by atoms with E-state index in [-0.39, 0.29) is 11.4 Å². The van der Waals surface area contributed by atoms with Crippen LogP contribution >= 0.6 is 11.8 Å². The molecule has 3 aromatic rings. The Morgan fingerprint density at radius 1 is 1.11 bits per heavy atom. The average molecular weight is 499 g/mol. The fourth-order valence-electron chi connectivity index (χ4n) is 4.83. The molecule has 0 spiro atoms. The predicted octanol–water partition coefficient (Wildman–Crippen LogP) is 4.89. The predicted molar refractivity (Wildman–Crippen MR) is 137 cm³/mol. The second-order valence-electron chi connectivity index (χ2n) is 9.08. The zero-order chi connectivity index (χ0) is 24.8. The molecule has 4 rings (SSSR count). The van der Waals surface area contributed by atoms with Crippen molar-refractivity contribution in [1.82, 2.24) is 9.47 Å². The number of carboxylic acid groups (broad SMARTS) is 1. The lowest BCUT2D eigenvalue weighted by Gasteiger charge is -2.39. The van der Waals surface area contributed by atoms with Gasteiger partial charge in [-0.3, -0.25) is 9.59 Å². The Kier molecular flexibility index (Phi) is 8.13. The summed E-state index contributed by atoms with van der Waals surface area (Å²) in [6, 6.07) is 15.6. The first-order valence-electron chi connectivity index (χ1n) is 11.9. The number of benzene rings is 2. The largest absolute Gasteiger partial charge is 0.497 e. The average Bonchev–Trinajstić information content (AvgIpc) is 2.86. The first-order valence-corrected chi connectivity index (χ1v) is 12.9. The molecule has 0 radical (unpaired) electrons. The van der Waals surface area contributed by atoms with E-state index in [2.05, 4.69) is 4.90 Å². The Morgan fingerprint density at radius 3 is 2.60 bits per heavy atom. The number of aryl methyl sites for hydroxylation is 1. The molecule has 186 valence electrons. The maximum atomic E-state index is 13.3. The molecule has 2 aromatic carbocycles. The number of nitrogens with zero attached hydrogens (tertiary/aromatic N) is 2. The molecule has 0 bridgehead atoms. The van der Waals surface area contributed by atoms with E-state index in [1.54, 1.807) is 41.6 Å². The number of methoxy groups -OCH3 is 1. The molecular formula is C27H31FN2O4S. The molecule has 1 fully saturated rings. The number of carbonyl (C=O) groups is 1. The first kappa shape index (κ1) is 25.3. The molecule has 2 heterocycles. The summed E-state index contributed by atoms with van der Waals surface area (Å²) in [5.74, 6) is 0.529. The third kappa shape index (κ3) is 6.05. The van der Waals surface area contributed by atoms with Crippen molar-refractivity contribution in [2.75, 3.05) is 32.5 Å². The molecule has 0 aliphatic carbocycles. The molecular weight excluding hydrogens is 467 g/mol. The van der Waals surface area contributed by atoms with Crippen molar-refractivity contribution in [3.05, 3.63) is 70.8 Å². The minimum atomic E-state index is -0.766. The van der Waals surface area contributed by atoms with Crippen LogP contribution in [0, 0.1) is 11.2 Å². The Morgan fingerprint density at radius 2 is 1.89 bits per heavy atom. The van der Waals surface area contributed by atoms with Gasteiger partial charge in [0.15, 0.2) is 0 Å². The number of carboxylic acids is 1. The minimum Gasteiger partial charge on any atom is -0.497 e. The first-order chi connectivity index (χ1) is 16.9. The van der Waals surface area contributed by atoms with Gasteiger partial charge in [0.05, 0.1) is 18.0 Å². The van der Waals surface area contributed by atoms with Crippen LogP contribution in [0.15, 0.2) is 64.3 Å². The Bertz CT molecular complexity index is 1240. The molecule has 0 amide bonds. The summed E-state index contributed by atoms with van der Waals surface area (Å²) in [5, 5.41) is 11.0. The van der Waals surface area contributed by atoms with Gasteiger partial charge in [0, 0.05) is 35.9 Å². The topological polar surface area (TPSA) is 71.8 Å². The maximum Gasteiger partial charge on any atom is 0.309 e. The van der Waals surface area contributed by atoms with Gasteiger partial charge >= 0.3 is 5.97 Å². The van der Waals surface area contributed by atoms with Crippen molar-refractivity contribution in [2.45, 2.75) is 37.1 Å². The molecule has 35 heavy (non-hydrogen) atoms. The van der Waals surface area contributed by atoms with Gasteiger partial charge in [-0.1, -0.05) is 6.07 Å². The van der Waals surface area contributed by atoms with Gasteiger partial charge in [-0.15, -0.1) is 11.8 Å². The lowest BCUT2D eigenvalue weighted by atomic mass is 9.75. The van der Waals surface area contributed by atoms with E-state index in [1.807, 2.05) is 24.3 Å². The molecule has 1 aliphatic heterocycles. The van der Waals surface area contributed by atoms with E-state index in [0.717, 1.165) is 41.2 Å². The van der Waals surface area contributed by atoms with Crippen LogP contribution in [0.25, 0.3) is 10.9 Å². The van der Waals surface area contributed by atoms with Crippen LogP contribution in [0.1, 0.15) is 25.7 Å². The molecule has 1 aliphatic rings. The van der Waals surface area contributed by atoms with Gasteiger partial charge in [0.25, 0.3) is 5.56 Å². The Balaban J connectivity index is 1.33. The van der Waals surface area contributed by atoms with Crippen LogP contribution in [0.4, 0.5) is 4.39 Å². The summed E-state index contributed by atoms with van der Waals surface area (Å²) >= 11 is 1.61. The number of thioether (sulfide) groups is 1. The second-order valence-corrected chi connectivity index (χ2v) is 10.3. The number of piperidine rings is 1. The van der Waals surface area contributed by atoms with Crippen LogP contribution in [0.2, 0.25) is 0 Å². The van der Waals surface area contributed by atoms with Gasteiger partial charge in [-0.05, 0) is 80.6 Å². The van der Waals surface area contributed by atoms with Crippen LogP contribution in [-0.2, 0) is 11.3 Å². The number of aliphatic carboxylic acids is 1. The molecule has 8 heteroatoms. The number of aromatic nitrogens is 1. The van der Waals surface area contributed by atoms with Gasteiger partial charge in [0.1, 0.15) is 11.6 Å². The molecule has 1 saturated heterocycles. The summed E-state index contributed by atoms with van der Waals surface area (Å²) < 4.78 is 20.4. The van der Waals surface area contributed by atoms with Gasteiger partial charge in [-0.2, -0.15) is 0 Å². The van der Waals surface area contributed by atoms with Gasteiger partial charge < -0.3 is 19.3 Å². The zero-order valence-corrected chi connectivity index (χ0v) is 20.7. The van der Waals surface area contributed by atoms with Crippen LogP contribution in [-0.4, -0.2) is 53.0 Å². The number of hydrogen-bond donors (Lipinski definition) is 1. The summed E-state index contributed by atoms with van der Waals surface area (Å²) in [7, 11) is 1.59. The van der Waals surface area contributed by atoms with Crippen molar-refractivity contribution < 1.29 is 19.0 Å². The quantitative estimate of drug-likeness (QED) is 0.402. The number of hydrogen-bond acceptors (Lipinski definition) is 5. The number of rotatable bonds is 10. The van der Waals surface area contributed by atoms with Crippen molar-refractivity contribution >= 4 is 28.6 Å². The number of fused-ring (bicyclic) bond motifs is 1. The minimum absolute atomic E-state index is 0.0965. The zero-order valence-electron chi connectivity index (χ0n) is 19.9. The number of pyridine rings is 1. The normalized spacial score (nSPS) is 15.8. The van der Waals surface area contributed by atoms with E-state index in [4.69, 9.17) is 4.74 Å². The molecule has 0 unspecified atom stereocenters. The summed E-state index contributed by atoms with van der Waals surface area (Å²) in [5.41, 5.74) is -0.0643. The monoisotopic (exact) mass is 498 g/mol. The van der Waals surface area contributed by atoms with Gasteiger partial charge in [-0.25, -0.2) is 4.39 Å². The standard InChI is InChI=1S/C27H31FN2O4S/c1-34-22-8-6-20-7-9-25(31)30(24(20)19-22)13-3-10-27(26(32)33)11-14-29(15-12-27)16-17-35-23-5-2-4-21(28)18-23/h2,4-9,18-19H,3,10-17H2,1H3,(H,32,33). The van der Waals surface area contributed by atoms with Crippen LogP contribution in [0.3, 0.4) is 0 Å². The Labute approximate surface area is 208 Å². The lowest BCUT2D eigenvalue weighted by Crippen LogP contribution is -2.45. The van der Waals surface area contributed by atoms with Crippen molar-refractivity contribution in [3.8, 4) is 5.75 Å². The third-order valence-electron chi connectivity index (χ3n) is 6.98. The van der Waals surface area contributed by atoms with E-state index in [9.17, 15) is 19.1 Å². The Hall–Kier alpha value is -2.84. The molecule has 1 aromatic heterocycles. The fraction of sp³-hybridized carbons (Fsp3) is 0.407. The van der Waals surface area contributed by atoms with Crippen molar-refractivity contribution in [2.24, 2.45) is 5.41 Å². The fourth-order valence-corrected chi connectivity index (χ4v) is 5.78. The van der Waals surface area contributed by atoms with Crippen LogP contribution in [0.5, 0.6) is 5.75 Å². The smallest absolute Gasteiger partial charge is 0.309 e. The molecule has 1 N–H and O–H groups in total. The highest BCUT2D eigenvalue weighted by atomic mass is 32.2.